The molecule has 4 rings (SSSR count). The Labute approximate surface area is 152 Å². The minimum atomic E-state index is -0.696. The summed E-state index contributed by atoms with van der Waals surface area (Å²) in [5.74, 6) is 0.841. The van der Waals surface area contributed by atoms with Gasteiger partial charge in [0.05, 0.1) is 23.3 Å². The highest BCUT2D eigenvalue weighted by atomic mass is 35.5. The molecule has 0 aliphatic carbocycles. The van der Waals surface area contributed by atoms with E-state index in [1.165, 1.54) is 6.26 Å². The zero-order chi connectivity index (χ0) is 18.1. The van der Waals surface area contributed by atoms with Crippen molar-refractivity contribution in [2.24, 2.45) is 5.10 Å². The van der Waals surface area contributed by atoms with E-state index in [0.29, 0.717) is 22.2 Å². The maximum Gasteiger partial charge on any atom is 0.430 e. The Bertz CT molecular complexity index is 922. The van der Waals surface area contributed by atoms with E-state index in [1.807, 2.05) is 0 Å². The van der Waals surface area contributed by atoms with Crippen LogP contribution in [0.2, 0.25) is 5.02 Å². The summed E-state index contributed by atoms with van der Waals surface area (Å²) in [5.41, 5.74) is 0.657. The highest BCUT2D eigenvalue weighted by Gasteiger charge is 2.47. The van der Waals surface area contributed by atoms with E-state index in [9.17, 15) is 10.1 Å². The van der Waals surface area contributed by atoms with Gasteiger partial charge in [-0.05, 0) is 53.5 Å². The minimum Gasteiger partial charge on any atom is -0.462 e. The van der Waals surface area contributed by atoms with Crippen LogP contribution in [0.1, 0.15) is 23.7 Å². The Balaban J connectivity index is 1.83. The summed E-state index contributed by atoms with van der Waals surface area (Å²) in [7, 11) is 0. The van der Waals surface area contributed by atoms with Crippen LogP contribution in [-0.4, -0.2) is 10.8 Å². The van der Waals surface area contributed by atoms with Gasteiger partial charge in [-0.15, -0.1) is 5.01 Å². The molecule has 0 radical (unpaired) electrons. The number of hydrazone groups is 1. The zero-order valence-electron chi connectivity index (χ0n) is 13.4. The first kappa shape index (κ1) is 16.4. The molecular weight excluding hydrogens is 360 g/mol. The molecule has 3 heterocycles. The van der Waals surface area contributed by atoms with Gasteiger partial charge in [0.2, 0.25) is 0 Å². The van der Waals surface area contributed by atoms with E-state index in [4.69, 9.17) is 20.4 Å². The molecule has 2 atom stereocenters. The van der Waals surface area contributed by atoms with Crippen LogP contribution in [0.3, 0.4) is 0 Å². The fraction of sp³-hybridized carbons (Fsp3) is 0.118. The monoisotopic (exact) mass is 373 g/mol. The van der Waals surface area contributed by atoms with Crippen molar-refractivity contribution in [2.75, 3.05) is 5.01 Å². The van der Waals surface area contributed by atoms with E-state index >= 15 is 0 Å². The first-order chi connectivity index (χ1) is 12.6. The van der Waals surface area contributed by atoms with Gasteiger partial charge < -0.3 is 18.9 Å². The Morgan fingerprint density at radius 3 is 2.31 bits per heavy atom. The van der Waals surface area contributed by atoms with E-state index in [2.05, 4.69) is 5.10 Å². The second-order valence-electron chi connectivity index (χ2n) is 5.68. The SMILES string of the molecule is O=[N+]([O-])C1=NN(c2ccc(Cl)cc2)[C@H](c2ccco2)[NH2+][C@@H]1c1ccco1. The van der Waals surface area contributed by atoms with Crippen molar-refractivity contribution < 1.29 is 19.1 Å². The van der Waals surface area contributed by atoms with Gasteiger partial charge in [-0.1, -0.05) is 11.6 Å². The summed E-state index contributed by atoms with van der Waals surface area (Å²) >= 11 is 5.96. The van der Waals surface area contributed by atoms with Crippen LogP contribution < -0.4 is 10.3 Å². The molecule has 3 aromatic rings. The Kier molecular flexibility index (Phi) is 4.19. The summed E-state index contributed by atoms with van der Waals surface area (Å²) in [6.07, 6.45) is 2.59. The van der Waals surface area contributed by atoms with Gasteiger partial charge in [-0.2, -0.15) is 0 Å². The first-order valence-corrected chi connectivity index (χ1v) is 8.21. The fourth-order valence-electron chi connectivity index (χ4n) is 2.91. The molecule has 26 heavy (non-hydrogen) atoms. The van der Waals surface area contributed by atoms with Crippen molar-refractivity contribution in [3.63, 3.8) is 0 Å². The highest BCUT2D eigenvalue weighted by Crippen LogP contribution is 2.29. The number of nitrogens with two attached hydrogens (primary N) is 1. The van der Waals surface area contributed by atoms with Crippen molar-refractivity contribution in [3.05, 3.63) is 87.7 Å². The number of amidine groups is 1. The molecule has 1 aliphatic heterocycles. The highest BCUT2D eigenvalue weighted by molar-refractivity contribution is 6.30. The van der Waals surface area contributed by atoms with Crippen LogP contribution in [0.5, 0.6) is 0 Å². The van der Waals surface area contributed by atoms with E-state index < -0.39 is 17.1 Å². The molecule has 1 aromatic carbocycles. The first-order valence-electron chi connectivity index (χ1n) is 7.83. The number of benzene rings is 1. The van der Waals surface area contributed by atoms with Crippen molar-refractivity contribution in [2.45, 2.75) is 12.2 Å². The lowest BCUT2D eigenvalue weighted by Crippen LogP contribution is -2.92. The number of anilines is 1. The van der Waals surface area contributed by atoms with Crippen molar-refractivity contribution in [1.82, 2.24) is 0 Å². The van der Waals surface area contributed by atoms with E-state index in [1.54, 1.807) is 65.1 Å². The van der Waals surface area contributed by atoms with Crippen molar-refractivity contribution >= 4 is 23.1 Å². The van der Waals surface area contributed by atoms with Crippen LogP contribution in [-0.2, 0) is 0 Å². The number of nitrogens with zero attached hydrogens (tertiary/aromatic N) is 3. The fourth-order valence-corrected chi connectivity index (χ4v) is 3.04. The van der Waals surface area contributed by atoms with Gasteiger partial charge in [0.15, 0.2) is 11.5 Å². The molecule has 8 nitrogen and oxygen atoms in total. The molecule has 1 aliphatic rings. The topological polar surface area (TPSA) is 102 Å². The quantitative estimate of drug-likeness (QED) is 0.561. The molecule has 0 bridgehead atoms. The number of hydrogen-bond donors (Lipinski definition) is 1. The predicted octanol–water partition coefficient (Wildman–Crippen LogP) is 2.94. The van der Waals surface area contributed by atoms with Gasteiger partial charge in [0, 0.05) is 5.02 Å². The molecule has 2 aromatic heterocycles. The number of halogens is 1. The van der Waals surface area contributed by atoms with Crippen LogP contribution in [0.15, 0.2) is 75.0 Å². The second-order valence-corrected chi connectivity index (χ2v) is 6.12. The normalized spacial score (nSPS) is 20.0. The zero-order valence-corrected chi connectivity index (χ0v) is 14.1. The van der Waals surface area contributed by atoms with Gasteiger partial charge in [-0.3, -0.25) is 5.32 Å². The molecule has 0 saturated carbocycles. The number of nitro groups is 1. The standard InChI is InChI=1S/C17H13ClN4O4/c18-11-5-7-12(8-6-11)21-16(14-4-2-10-26-14)19-15(13-3-1-9-25-13)17(20-21)22(23)24/h1-10,15-16,19H/p+1/t15-,16-/m1/s1. The molecule has 132 valence electrons. The molecule has 0 unspecified atom stereocenters. The summed E-state index contributed by atoms with van der Waals surface area (Å²) in [6, 6.07) is 13.2. The molecule has 0 saturated heterocycles. The van der Waals surface area contributed by atoms with Crippen LogP contribution in [0.4, 0.5) is 5.69 Å². The van der Waals surface area contributed by atoms with Gasteiger partial charge >= 0.3 is 5.84 Å². The molecule has 0 spiro atoms. The number of quaternary nitrogens is 1. The van der Waals surface area contributed by atoms with Crippen molar-refractivity contribution in [1.29, 1.82) is 0 Å². The lowest BCUT2D eigenvalue weighted by atomic mass is 10.1. The average molecular weight is 374 g/mol. The Morgan fingerprint density at radius 2 is 1.73 bits per heavy atom. The van der Waals surface area contributed by atoms with Gasteiger partial charge in [-0.25, -0.2) is 0 Å². The average Bonchev–Trinajstić information content (AvgIpc) is 3.35. The number of furan rings is 2. The Morgan fingerprint density at radius 1 is 1.08 bits per heavy atom. The third-order valence-electron chi connectivity index (χ3n) is 4.09. The molecule has 2 N–H and O–H groups in total. The van der Waals surface area contributed by atoms with Crippen molar-refractivity contribution in [3.8, 4) is 0 Å². The largest absolute Gasteiger partial charge is 0.462 e. The maximum absolute atomic E-state index is 11.6. The lowest BCUT2D eigenvalue weighted by molar-refractivity contribution is -0.732. The summed E-state index contributed by atoms with van der Waals surface area (Å²) in [6.45, 7) is 0. The van der Waals surface area contributed by atoms with Gasteiger partial charge in [0.25, 0.3) is 12.2 Å². The molecule has 0 fully saturated rings. The summed E-state index contributed by atoms with van der Waals surface area (Å²) in [5, 5.41) is 19.8. The predicted molar refractivity (Wildman–Crippen MR) is 93.2 cm³/mol. The third-order valence-corrected chi connectivity index (χ3v) is 4.34. The summed E-state index contributed by atoms with van der Waals surface area (Å²) < 4.78 is 10.9. The third kappa shape index (κ3) is 2.96. The Hall–Kier alpha value is -3.10. The summed E-state index contributed by atoms with van der Waals surface area (Å²) in [4.78, 5) is 11.1. The van der Waals surface area contributed by atoms with Crippen LogP contribution in [0, 0.1) is 10.1 Å². The lowest BCUT2D eigenvalue weighted by Gasteiger charge is -2.27. The number of hydrogen-bond acceptors (Lipinski definition) is 6. The van der Waals surface area contributed by atoms with E-state index in [-0.39, 0.29) is 5.84 Å². The van der Waals surface area contributed by atoms with Crippen LogP contribution >= 0.6 is 11.6 Å². The van der Waals surface area contributed by atoms with Gasteiger partial charge in [0.1, 0.15) is 0 Å². The molecule has 0 amide bonds. The second kappa shape index (κ2) is 6.66. The number of rotatable bonds is 3. The van der Waals surface area contributed by atoms with Crippen LogP contribution in [0.25, 0.3) is 0 Å². The molecule has 9 heteroatoms. The molecular formula is C17H14ClN4O4+. The van der Waals surface area contributed by atoms with E-state index in [0.717, 1.165) is 0 Å². The minimum absolute atomic E-state index is 0.224. The smallest absolute Gasteiger partial charge is 0.430 e. The maximum atomic E-state index is 11.6.